The van der Waals surface area contributed by atoms with Crippen molar-refractivity contribution >= 4 is 34.9 Å². The maximum absolute atomic E-state index is 13.2. The van der Waals surface area contributed by atoms with Crippen LogP contribution in [0.15, 0.2) is 41.5 Å². The fourth-order valence-electron chi connectivity index (χ4n) is 6.33. The molecule has 0 N–H and O–H groups in total. The minimum atomic E-state index is -0.310. The molecule has 2 aromatic rings. The third-order valence-electron chi connectivity index (χ3n) is 7.81. The Labute approximate surface area is 185 Å². The number of rotatable bonds is 5. The lowest BCUT2D eigenvalue weighted by Gasteiger charge is -2.37. The van der Waals surface area contributed by atoms with Gasteiger partial charge in [0, 0.05) is 22.2 Å². The Balaban J connectivity index is 1.34. The maximum Gasteiger partial charge on any atom is 0.325 e. The Hall–Kier alpha value is -3.22. The molecule has 5 aliphatic rings. The lowest BCUT2D eigenvalue weighted by Crippen LogP contribution is -2.40. The highest BCUT2D eigenvalue weighted by Gasteiger charge is 2.67. The van der Waals surface area contributed by atoms with E-state index in [1.54, 1.807) is 13.1 Å². The Morgan fingerprint density at radius 1 is 1.12 bits per heavy atom. The van der Waals surface area contributed by atoms with E-state index in [0.29, 0.717) is 18.4 Å². The topological polar surface area (TPSA) is 81.0 Å². The van der Waals surface area contributed by atoms with Crippen LogP contribution >= 0.6 is 0 Å². The lowest BCUT2D eigenvalue weighted by molar-refractivity contribution is -0.144. The van der Waals surface area contributed by atoms with Gasteiger partial charge in [0.15, 0.2) is 0 Å². The van der Waals surface area contributed by atoms with Crippen molar-refractivity contribution in [3.63, 3.8) is 0 Å². The molecular formula is C25H25N3O4. The quantitative estimate of drug-likeness (QED) is 0.316. The first-order valence-electron chi connectivity index (χ1n) is 11.3. The first-order chi connectivity index (χ1) is 15.5. The lowest BCUT2D eigenvalue weighted by atomic mass is 9.63. The van der Waals surface area contributed by atoms with Crippen molar-refractivity contribution in [2.45, 2.75) is 26.8 Å². The van der Waals surface area contributed by atoms with Crippen LogP contribution in [0, 0.1) is 42.4 Å². The molecule has 2 saturated carbocycles. The standard InChI is InChI=1S/C25H25N3O4/c1-3-32-21(29)12-27-13(2)19(14-6-4-5-7-20(14)27)11-26-28-24(30)22-15-8-9-16(18-10-17(15)18)23(22)25(28)31/h4-9,11,15-18,22-23H,3,10,12H2,1-2H3/b26-11-/t15-,16-,17-,18+,22-,23-/m1/s1. The van der Waals surface area contributed by atoms with Crippen molar-refractivity contribution < 1.29 is 19.1 Å². The predicted molar refractivity (Wildman–Crippen MR) is 117 cm³/mol. The molecule has 1 aromatic heterocycles. The molecule has 32 heavy (non-hydrogen) atoms. The first kappa shape index (κ1) is 19.5. The largest absolute Gasteiger partial charge is 0.465 e. The summed E-state index contributed by atoms with van der Waals surface area (Å²) in [4.78, 5) is 38.5. The summed E-state index contributed by atoms with van der Waals surface area (Å²) in [5.41, 5.74) is 2.52. The molecule has 6 atom stereocenters. The first-order valence-corrected chi connectivity index (χ1v) is 11.3. The van der Waals surface area contributed by atoms with E-state index in [4.69, 9.17) is 4.74 Å². The fraction of sp³-hybridized carbons (Fsp3) is 0.440. The van der Waals surface area contributed by atoms with Gasteiger partial charge in [-0.2, -0.15) is 10.1 Å². The van der Waals surface area contributed by atoms with Crippen molar-refractivity contribution in [3.05, 3.63) is 47.7 Å². The van der Waals surface area contributed by atoms with Crippen LogP contribution in [0.2, 0.25) is 0 Å². The molecule has 1 aliphatic heterocycles. The second kappa shape index (κ2) is 6.89. The molecule has 0 unspecified atom stereocenters. The van der Waals surface area contributed by atoms with Crippen molar-refractivity contribution in [3.8, 4) is 0 Å². The van der Waals surface area contributed by atoms with Gasteiger partial charge in [-0.1, -0.05) is 30.4 Å². The number of imide groups is 1. The minimum absolute atomic E-state index is 0.0948. The second-order valence-corrected chi connectivity index (χ2v) is 9.29. The molecule has 7 rings (SSSR count). The summed E-state index contributed by atoms with van der Waals surface area (Å²) in [6.07, 6.45) is 7.05. The molecule has 7 heteroatoms. The summed E-state index contributed by atoms with van der Waals surface area (Å²) < 4.78 is 7.01. The van der Waals surface area contributed by atoms with Gasteiger partial charge in [0.25, 0.3) is 11.8 Å². The zero-order valence-electron chi connectivity index (χ0n) is 18.1. The van der Waals surface area contributed by atoms with Crippen LogP contribution in [0.4, 0.5) is 0 Å². The Kier molecular flexibility index (Phi) is 4.19. The number of carbonyl (C=O) groups is 3. The van der Waals surface area contributed by atoms with Crippen molar-refractivity contribution in [1.82, 2.24) is 9.58 Å². The number of hydrogen-bond donors (Lipinski definition) is 0. The Morgan fingerprint density at radius 3 is 2.44 bits per heavy atom. The van der Waals surface area contributed by atoms with Crippen LogP contribution in [0.1, 0.15) is 24.6 Å². The van der Waals surface area contributed by atoms with Crippen LogP contribution in [-0.4, -0.2) is 40.2 Å². The fourth-order valence-corrected chi connectivity index (χ4v) is 6.33. The molecule has 1 saturated heterocycles. The van der Waals surface area contributed by atoms with Crippen molar-refractivity contribution in [2.75, 3.05) is 6.61 Å². The zero-order valence-corrected chi connectivity index (χ0v) is 18.1. The number of amides is 2. The normalized spacial score (nSPS) is 32.1. The van der Waals surface area contributed by atoms with E-state index in [9.17, 15) is 14.4 Å². The summed E-state index contributed by atoms with van der Waals surface area (Å²) in [6.45, 7) is 4.11. The third kappa shape index (κ3) is 2.60. The average Bonchev–Trinajstić information content (AvgIpc) is 3.53. The maximum atomic E-state index is 13.2. The van der Waals surface area contributed by atoms with E-state index < -0.39 is 0 Å². The van der Waals surface area contributed by atoms with E-state index >= 15 is 0 Å². The number of hydrazone groups is 1. The Bertz CT molecular complexity index is 1190. The number of hydrogen-bond acceptors (Lipinski definition) is 5. The molecule has 4 aliphatic carbocycles. The highest BCUT2D eigenvalue weighted by atomic mass is 16.5. The highest BCUT2D eigenvalue weighted by Crippen LogP contribution is 2.65. The molecule has 0 radical (unpaired) electrons. The molecule has 164 valence electrons. The van der Waals surface area contributed by atoms with Gasteiger partial charge in [0.05, 0.1) is 24.7 Å². The van der Waals surface area contributed by atoms with E-state index in [2.05, 4.69) is 17.3 Å². The van der Waals surface area contributed by atoms with E-state index in [0.717, 1.165) is 33.6 Å². The zero-order chi connectivity index (χ0) is 22.1. The van der Waals surface area contributed by atoms with Crippen LogP contribution in [0.25, 0.3) is 10.9 Å². The van der Waals surface area contributed by atoms with Gasteiger partial charge in [0.2, 0.25) is 0 Å². The average molecular weight is 431 g/mol. The van der Waals surface area contributed by atoms with Crippen LogP contribution < -0.4 is 0 Å². The highest BCUT2D eigenvalue weighted by molar-refractivity contribution is 6.08. The molecule has 2 amide bonds. The van der Waals surface area contributed by atoms with Crippen molar-refractivity contribution in [1.29, 1.82) is 0 Å². The summed E-state index contributed by atoms with van der Waals surface area (Å²) >= 11 is 0. The SMILES string of the molecule is CCOC(=O)Cn1c(C)c(/C=N\N2C(=O)[C@@H]3[C@@H]4C=C[C@H]([C@@H]5C[C@H]45)[C@H]3C2=O)c2ccccc21. The number of allylic oxidation sites excluding steroid dienone is 2. The number of esters is 1. The molecule has 2 heterocycles. The molecule has 1 aromatic carbocycles. The van der Waals surface area contributed by atoms with E-state index in [1.165, 1.54) is 0 Å². The molecule has 2 bridgehead atoms. The van der Waals surface area contributed by atoms with Gasteiger partial charge < -0.3 is 9.30 Å². The molecular weight excluding hydrogens is 406 g/mol. The Morgan fingerprint density at radius 2 is 1.78 bits per heavy atom. The second-order valence-electron chi connectivity index (χ2n) is 9.29. The smallest absolute Gasteiger partial charge is 0.325 e. The number of carbonyl (C=O) groups excluding carboxylic acids is 3. The summed E-state index contributed by atoms with van der Waals surface area (Å²) in [5.74, 6) is 0.317. The van der Waals surface area contributed by atoms with E-state index in [1.807, 2.05) is 35.8 Å². The number of aromatic nitrogens is 1. The minimum Gasteiger partial charge on any atom is -0.465 e. The van der Waals surface area contributed by atoms with Gasteiger partial charge in [-0.3, -0.25) is 14.4 Å². The number of ether oxygens (including phenoxy) is 1. The van der Waals surface area contributed by atoms with Gasteiger partial charge in [0.1, 0.15) is 6.54 Å². The molecule has 3 fully saturated rings. The number of para-hydroxylation sites is 1. The third-order valence-corrected chi connectivity index (χ3v) is 7.81. The summed E-state index contributed by atoms with van der Waals surface area (Å²) in [7, 11) is 0. The number of fused-ring (bicyclic) bond motifs is 1. The van der Waals surface area contributed by atoms with Gasteiger partial charge in [-0.05, 0) is 50.0 Å². The molecule has 7 nitrogen and oxygen atoms in total. The van der Waals surface area contributed by atoms with Crippen LogP contribution in [0.3, 0.4) is 0 Å². The summed E-state index contributed by atoms with van der Waals surface area (Å²) in [6, 6.07) is 7.73. The predicted octanol–water partition coefficient (Wildman–Crippen LogP) is 2.90. The van der Waals surface area contributed by atoms with Crippen molar-refractivity contribution in [2.24, 2.45) is 40.6 Å². The van der Waals surface area contributed by atoms with Crippen LogP contribution in [-0.2, 0) is 25.7 Å². The van der Waals surface area contributed by atoms with Gasteiger partial charge in [-0.25, -0.2) is 0 Å². The molecule has 0 spiro atoms. The van der Waals surface area contributed by atoms with Gasteiger partial charge >= 0.3 is 5.97 Å². The van der Waals surface area contributed by atoms with Crippen LogP contribution in [0.5, 0.6) is 0 Å². The number of nitrogens with zero attached hydrogens (tertiary/aromatic N) is 3. The summed E-state index contributed by atoms with van der Waals surface area (Å²) in [5, 5.41) is 6.42. The number of benzene rings is 1. The van der Waals surface area contributed by atoms with Gasteiger partial charge in [-0.15, -0.1) is 0 Å². The monoisotopic (exact) mass is 431 g/mol. The van der Waals surface area contributed by atoms with E-state index in [-0.39, 0.29) is 48.0 Å².